The average Bonchev–Trinajstić information content (AvgIpc) is 3.30. The Hall–Kier alpha value is -3.07. The van der Waals surface area contributed by atoms with Crippen LogP contribution in [0.4, 0.5) is 0 Å². The van der Waals surface area contributed by atoms with E-state index < -0.39 is 12.0 Å². The zero-order valence-electron chi connectivity index (χ0n) is 20.9. The first-order valence-corrected chi connectivity index (χ1v) is 13.5. The molecule has 5 rings (SSSR count). The van der Waals surface area contributed by atoms with Gasteiger partial charge in [0.1, 0.15) is 0 Å². The summed E-state index contributed by atoms with van der Waals surface area (Å²) in [7, 11) is 1.36. The van der Waals surface area contributed by atoms with Crippen LogP contribution in [0, 0.1) is 0 Å². The maximum Gasteiger partial charge on any atom is 0.338 e. The minimum absolute atomic E-state index is 0.0660. The van der Waals surface area contributed by atoms with Gasteiger partial charge in [-0.3, -0.25) is 9.69 Å². The normalized spacial score (nSPS) is 19.9. The highest BCUT2D eigenvalue weighted by molar-refractivity contribution is 8.16. The molecule has 1 atom stereocenters. The molecule has 0 saturated carbocycles. The molecule has 1 unspecified atom stereocenters. The van der Waals surface area contributed by atoms with Crippen molar-refractivity contribution in [3.05, 3.63) is 93.1 Å². The largest absolute Gasteiger partial charge is 0.466 e. The van der Waals surface area contributed by atoms with E-state index in [-0.39, 0.29) is 12.3 Å². The van der Waals surface area contributed by atoms with E-state index >= 15 is 0 Å². The predicted octanol–water partition coefficient (Wildman–Crippen LogP) is 4.82. The van der Waals surface area contributed by atoms with E-state index in [0.717, 1.165) is 36.1 Å². The number of esters is 1. The number of rotatable bonds is 6. The van der Waals surface area contributed by atoms with Crippen LogP contribution < -0.4 is 0 Å². The van der Waals surface area contributed by atoms with Crippen LogP contribution in [0.5, 0.6) is 0 Å². The van der Waals surface area contributed by atoms with Gasteiger partial charge in [0, 0.05) is 43.4 Å². The van der Waals surface area contributed by atoms with Crippen LogP contribution >= 0.6 is 23.4 Å². The number of carbonyl (C=O) groups is 2. The molecule has 1 amide bonds. The second kappa shape index (κ2) is 11.1. The van der Waals surface area contributed by atoms with Gasteiger partial charge in [0.05, 0.1) is 30.8 Å². The van der Waals surface area contributed by atoms with Crippen molar-refractivity contribution in [1.82, 2.24) is 14.7 Å². The quantitative estimate of drug-likeness (QED) is 0.493. The highest BCUT2D eigenvalue weighted by Gasteiger charge is 2.42. The van der Waals surface area contributed by atoms with Gasteiger partial charge in [0.15, 0.2) is 5.17 Å². The van der Waals surface area contributed by atoms with Crippen LogP contribution in [-0.4, -0.2) is 65.0 Å². The van der Waals surface area contributed by atoms with Gasteiger partial charge in [0.2, 0.25) is 5.91 Å². The molecule has 9 heteroatoms. The van der Waals surface area contributed by atoms with Crippen molar-refractivity contribution in [3.63, 3.8) is 0 Å². The molecular weight excluding hydrogens is 508 g/mol. The first kappa shape index (κ1) is 25.6. The Balaban J connectivity index is 1.32. The number of allylic oxidation sites excluding steroid dienone is 1. The van der Waals surface area contributed by atoms with Crippen LogP contribution in [0.25, 0.3) is 0 Å². The van der Waals surface area contributed by atoms with Crippen molar-refractivity contribution in [1.29, 1.82) is 0 Å². The summed E-state index contributed by atoms with van der Waals surface area (Å²) in [5.74, 6) is -0.390. The van der Waals surface area contributed by atoms with E-state index in [0.29, 0.717) is 29.4 Å². The molecule has 0 radical (unpaired) electrons. The summed E-state index contributed by atoms with van der Waals surface area (Å²) in [5, 5.41) is 3.23. The van der Waals surface area contributed by atoms with Crippen LogP contribution in [-0.2, 0) is 20.9 Å². The van der Waals surface area contributed by atoms with Crippen molar-refractivity contribution in [2.45, 2.75) is 25.9 Å². The number of benzene rings is 2. The highest BCUT2D eigenvalue weighted by atomic mass is 35.5. The molecule has 2 aromatic carbocycles. The van der Waals surface area contributed by atoms with Crippen molar-refractivity contribution < 1.29 is 14.3 Å². The number of carbonyl (C=O) groups excluding carboxylic acids is 2. The first-order chi connectivity index (χ1) is 18.0. The molecule has 0 aliphatic carbocycles. The van der Waals surface area contributed by atoms with E-state index in [1.807, 2.05) is 39.5 Å². The lowest BCUT2D eigenvalue weighted by Crippen LogP contribution is -2.48. The van der Waals surface area contributed by atoms with Crippen molar-refractivity contribution in [2.24, 2.45) is 4.99 Å². The monoisotopic (exact) mass is 536 g/mol. The van der Waals surface area contributed by atoms with Crippen molar-refractivity contribution in [2.75, 3.05) is 33.3 Å². The Morgan fingerprint density at radius 2 is 1.76 bits per heavy atom. The van der Waals surface area contributed by atoms with Gasteiger partial charge in [-0.2, -0.15) is 0 Å². The average molecular weight is 537 g/mol. The fraction of sp³-hybridized carbons (Fsp3) is 0.321. The lowest BCUT2D eigenvalue weighted by Gasteiger charge is -2.38. The third-order valence-corrected chi connectivity index (χ3v) is 8.15. The van der Waals surface area contributed by atoms with Gasteiger partial charge in [0.25, 0.3) is 0 Å². The fourth-order valence-electron chi connectivity index (χ4n) is 5.00. The molecule has 7 nitrogen and oxygen atoms in total. The lowest BCUT2D eigenvalue weighted by atomic mass is 9.93. The van der Waals surface area contributed by atoms with Gasteiger partial charge >= 0.3 is 5.97 Å². The Bertz CT molecular complexity index is 1290. The number of nitrogens with zero attached hydrogens (tertiary/aromatic N) is 4. The van der Waals surface area contributed by atoms with E-state index in [1.165, 1.54) is 24.4 Å². The third-order valence-electron chi connectivity index (χ3n) is 6.91. The number of methoxy groups -OCH3 is 1. The number of aliphatic imine (C=N–C) groups is 1. The number of piperazine rings is 1. The minimum Gasteiger partial charge on any atom is -0.466 e. The molecule has 37 heavy (non-hydrogen) atoms. The van der Waals surface area contributed by atoms with Crippen LogP contribution in [0.3, 0.4) is 0 Å². The molecule has 2 aromatic rings. The Kier molecular flexibility index (Phi) is 7.69. The van der Waals surface area contributed by atoms with Gasteiger partial charge < -0.3 is 14.5 Å². The molecule has 0 bridgehead atoms. The molecule has 3 aliphatic heterocycles. The molecule has 3 aliphatic rings. The number of amides is 1. The van der Waals surface area contributed by atoms with Gasteiger partial charge in [-0.25, -0.2) is 9.79 Å². The Labute approximate surface area is 226 Å². The third kappa shape index (κ3) is 5.32. The number of thioether (sulfide) groups is 1. The summed E-state index contributed by atoms with van der Waals surface area (Å²) in [5.41, 5.74) is 3.87. The molecule has 1 saturated heterocycles. The van der Waals surface area contributed by atoms with E-state index in [9.17, 15) is 9.59 Å². The summed E-state index contributed by atoms with van der Waals surface area (Å²) in [6, 6.07) is 17.3. The second-order valence-electron chi connectivity index (χ2n) is 9.23. The maximum atomic E-state index is 13.4. The summed E-state index contributed by atoms with van der Waals surface area (Å²) in [4.78, 5) is 37.2. The number of ether oxygens (including phenoxy) is 1. The molecule has 192 valence electrons. The number of fused-ring (bicyclic) bond motifs is 1. The number of halogens is 1. The molecule has 1 fully saturated rings. The molecule has 0 N–H and O–H groups in total. The maximum absolute atomic E-state index is 13.4. The van der Waals surface area contributed by atoms with E-state index in [4.69, 9.17) is 16.3 Å². The van der Waals surface area contributed by atoms with Crippen LogP contribution in [0.15, 0.2) is 82.0 Å². The summed E-state index contributed by atoms with van der Waals surface area (Å²) >= 11 is 8.07. The predicted molar refractivity (Wildman–Crippen MR) is 147 cm³/mol. The number of amidine groups is 1. The van der Waals surface area contributed by atoms with Gasteiger partial charge in [-0.05, 0) is 29.5 Å². The van der Waals surface area contributed by atoms with Gasteiger partial charge in [-0.1, -0.05) is 71.9 Å². The zero-order valence-corrected chi connectivity index (χ0v) is 22.5. The number of hydrogen-bond acceptors (Lipinski definition) is 7. The van der Waals surface area contributed by atoms with E-state index in [2.05, 4.69) is 34.2 Å². The van der Waals surface area contributed by atoms with Gasteiger partial charge in [-0.15, -0.1) is 0 Å². The number of hydrogen-bond donors (Lipinski definition) is 0. The summed E-state index contributed by atoms with van der Waals surface area (Å²) in [6.07, 6.45) is 0.221. The molecular formula is C28H29ClN4O3S. The van der Waals surface area contributed by atoms with Crippen molar-refractivity contribution in [3.8, 4) is 0 Å². The minimum atomic E-state index is -0.523. The summed E-state index contributed by atoms with van der Waals surface area (Å²) in [6.45, 7) is 5.74. The van der Waals surface area contributed by atoms with Crippen molar-refractivity contribution >= 4 is 40.4 Å². The lowest BCUT2D eigenvalue weighted by molar-refractivity contribution is -0.136. The molecule has 3 heterocycles. The SMILES string of the molecule is COC(=O)C1=C(C)N=C2SC=C(CC(=O)N3CCN(Cc4ccccc4)CC3)N2C1c1ccccc1Cl. The van der Waals surface area contributed by atoms with Crippen LogP contribution in [0.1, 0.15) is 30.5 Å². The smallest absolute Gasteiger partial charge is 0.338 e. The fourth-order valence-corrected chi connectivity index (χ4v) is 6.20. The Morgan fingerprint density at radius 1 is 1.05 bits per heavy atom. The van der Waals surface area contributed by atoms with E-state index in [1.54, 1.807) is 13.0 Å². The second-order valence-corrected chi connectivity index (χ2v) is 10.5. The topological polar surface area (TPSA) is 65.5 Å². The standard InChI is InChI=1S/C28H29ClN4O3S/c1-19-25(27(35)36-2)26(22-10-6-7-11-23(22)29)33-21(18-37-28(33)30-19)16-24(34)32-14-12-31(13-15-32)17-20-8-4-3-5-9-20/h3-11,18,26H,12-17H2,1-2H3. The Morgan fingerprint density at radius 3 is 2.46 bits per heavy atom. The highest BCUT2D eigenvalue weighted by Crippen LogP contribution is 2.46. The first-order valence-electron chi connectivity index (χ1n) is 12.3. The molecule has 0 aromatic heterocycles. The summed E-state index contributed by atoms with van der Waals surface area (Å²) < 4.78 is 5.12. The van der Waals surface area contributed by atoms with Crippen LogP contribution in [0.2, 0.25) is 5.02 Å². The zero-order chi connectivity index (χ0) is 25.9. The molecule has 0 spiro atoms.